The molecular weight excluding hydrogens is 778 g/mol. The number of carbonyl (C=O) groups is 3. The van der Waals surface area contributed by atoms with E-state index in [2.05, 4.69) is 20.3 Å². The topological polar surface area (TPSA) is 214 Å². The number of nitrogens with zero attached hydrogens (tertiary/aromatic N) is 5. The molecule has 0 spiro atoms. The third kappa shape index (κ3) is 10.7. The number of esters is 1. The van der Waals surface area contributed by atoms with Gasteiger partial charge in [0.05, 0.1) is 43.3 Å². The number of aromatic nitrogens is 2. The van der Waals surface area contributed by atoms with Crippen molar-refractivity contribution < 1.29 is 57.6 Å². The van der Waals surface area contributed by atoms with Crippen molar-refractivity contribution in [1.82, 2.24) is 15.0 Å². The van der Waals surface area contributed by atoms with E-state index in [0.717, 1.165) is 0 Å². The molecule has 3 saturated heterocycles. The first-order chi connectivity index (χ1) is 28.3. The second-order valence-corrected chi connectivity index (χ2v) is 17.2. The molecule has 2 N–H and O–H groups in total. The van der Waals surface area contributed by atoms with E-state index in [1.807, 2.05) is 38.9 Å². The summed E-state index contributed by atoms with van der Waals surface area (Å²) in [6, 6.07) is 4.96. The molecule has 5 rings (SSSR count). The average molecular weight is 842 g/mol. The molecule has 1 amide bonds. The van der Waals surface area contributed by atoms with E-state index in [4.69, 9.17) is 33.0 Å². The van der Waals surface area contributed by atoms with Crippen molar-refractivity contribution in [2.75, 3.05) is 27.3 Å². The Bertz CT molecular complexity index is 1830. The van der Waals surface area contributed by atoms with Crippen molar-refractivity contribution in [3.05, 3.63) is 36.2 Å². The van der Waals surface area contributed by atoms with Crippen LogP contribution in [0.15, 0.2) is 45.3 Å². The highest BCUT2D eigenvalue weighted by atomic mass is 16.7. The Balaban J connectivity index is 1.63. The van der Waals surface area contributed by atoms with Crippen molar-refractivity contribution in [2.24, 2.45) is 33.8 Å². The molecule has 0 aromatic carbocycles. The van der Waals surface area contributed by atoms with Gasteiger partial charge in [-0.05, 0) is 73.0 Å². The maximum atomic E-state index is 14.5. The van der Waals surface area contributed by atoms with Gasteiger partial charge in [-0.3, -0.25) is 19.4 Å². The van der Waals surface area contributed by atoms with Crippen LogP contribution in [0.1, 0.15) is 87.1 Å². The lowest BCUT2D eigenvalue weighted by atomic mass is 9.73. The summed E-state index contributed by atoms with van der Waals surface area (Å²) < 4.78 is 37.6. The first kappa shape index (κ1) is 47.1. The molecule has 13 atom stereocenters. The molecule has 0 radical (unpaired) electrons. The molecule has 0 saturated carbocycles. The number of aliphatic imine (C=N–C) groups is 1. The van der Waals surface area contributed by atoms with Gasteiger partial charge < -0.3 is 48.2 Å². The van der Waals surface area contributed by atoms with Gasteiger partial charge in [0.1, 0.15) is 41.7 Å². The maximum Gasteiger partial charge on any atom is 0.316 e. The van der Waals surface area contributed by atoms with Gasteiger partial charge in [0.25, 0.3) is 0 Å². The van der Waals surface area contributed by atoms with Gasteiger partial charge in [-0.2, -0.15) is 0 Å². The lowest BCUT2D eigenvalue weighted by Crippen LogP contribution is -2.60. The van der Waals surface area contributed by atoms with Gasteiger partial charge >= 0.3 is 5.97 Å². The maximum absolute atomic E-state index is 14.5. The normalized spacial score (nSPS) is 37.6. The van der Waals surface area contributed by atoms with E-state index < -0.39 is 83.2 Å². The van der Waals surface area contributed by atoms with Crippen LogP contribution in [0.25, 0.3) is 11.5 Å². The first-order valence-electron chi connectivity index (χ1n) is 20.8. The molecule has 0 unspecified atom stereocenters. The number of aliphatic hydroxyl groups is 2. The van der Waals surface area contributed by atoms with Gasteiger partial charge in [-0.15, -0.1) is 0 Å². The van der Waals surface area contributed by atoms with E-state index in [0.29, 0.717) is 29.2 Å². The first-order valence-corrected chi connectivity index (χ1v) is 20.8. The molecule has 3 fully saturated rings. The molecule has 0 aliphatic carbocycles. The van der Waals surface area contributed by atoms with Crippen LogP contribution in [0.2, 0.25) is 0 Å². The Kier molecular flexibility index (Phi) is 15.6. The molecule has 2 aromatic rings. The van der Waals surface area contributed by atoms with Crippen LogP contribution in [-0.4, -0.2) is 136 Å². The number of hydrogen-bond donors (Lipinski definition) is 2. The summed E-state index contributed by atoms with van der Waals surface area (Å²) in [7, 11) is 3.72. The smallest absolute Gasteiger partial charge is 0.316 e. The van der Waals surface area contributed by atoms with Gasteiger partial charge in [0.2, 0.25) is 5.91 Å². The van der Waals surface area contributed by atoms with Crippen molar-refractivity contribution in [1.29, 1.82) is 0 Å². The number of oxime groups is 1. The number of likely N-dealkylation sites (N-methyl/N-ethyl adjacent to an activating group) is 1. The molecule has 60 heavy (non-hydrogen) atoms. The number of rotatable bonds is 8. The van der Waals surface area contributed by atoms with E-state index in [-0.39, 0.29) is 50.5 Å². The number of ketones is 1. The molecule has 3 aliphatic rings. The summed E-state index contributed by atoms with van der Waals surface area (Å²) >= 11 is 0. The third-order valence-electron chi connectivity index (χ3n) is 12.1. The Morgan fingerprint density at radius 1 is 1.07 bits per heavy atom. The Labute approximate surface area is 352 Å². The van der Waals surface area contributed by atoms with E-state index >= 15 is 0 Å². The minimum Gasteiger partial charge on any atom is -0.459 e. The third-order valence-corrected chi connectivity index (χ3v) is 12.1. The molecule has 5 heterocycles. The molecule has 3 aliphatic heterocycles. The molecule has 17 nitrogen and oxygen atoms in total. The Morgan fingerprint density at radius 3 is 2.42 bits per heavy atom. The zero-order valence-electron chi connectivity index (χ0n) is 36.7. The lowest BCUT2D eigenvalue weighted by Gasteiger charge is -2.47. The number of aliphatic hydroxyl groups excluding tert-OH is 1. The summed E-state index contributed by atoms with van der Waals surface area (Å²) in [6.07, 6.45) is -2.02. The average Bonchev–Trinajstić information content (AvgIpc) is 3.74. The van der Waals surface area contributed by atoms with E-state index in [1.54, 1.807) is 46.0 Å². The molecule has 17 heteroatoms. The number of amides is 1. The number of ether oxygens (including phenoxy) is 5. The van der Waals surface area contributed by atoms with Crippen molar-refractivity contribution in [2.45, 2.75) is 142 Å². The second kappa shape index (κ2) is 19.8. The predicted molar refractivity (Wildman–Crippen MR) is 219 cm³/mol. The zero-order valence-corrected chi connectivity index (χ0v) is 36.7. The summed E-state index contributed by atoms with van der Waals surface area (Å²) in [6.45, 7) is 14.7. The fourth-order valence-electron chi connectivity index (χ4n) is 8.81. The number of Topliss-reactive ketones (excluding diaryl/α,β-unsaturated/α-hetero) is 1. The zero-order chi connectivity index (χ0) is 44.1. The summed E-state index contributed by atoms with van der Waals surface area (Å²) in [5.41, 5.74) is -1.29. The van der Waals surface area contributed by atoms with Gasteiger partial charge in [0, 0.05) is 48.3 Å². The van der Waals surface area contributed by atoms with E-state index in [9.17, 15) is 24.6 Å². The SMILES string of the molecule is CC[C@H]1OC(=O)[C@H](C)C(=O)[C@H](C)[C@@H](O[C@@H]2O[C@H](C)C[C@H](N(C)C)[C@H]2O)[C@@]2(C)C[C@@H](C)C(=NC(C)=O)[C@H](C)[C@H](OC/C(=N\OCc3ccc(-c4ccno4)nc3)CO2)[C@]1(C)O. The van der Waals surface area contributed by atoms with Crippen LogP contribution in [0, 0.1) is 23.7 Å². The van der Waals surface area contributed by atoms with Crippen LogP contribution in [0.3, 0.4) is 0 Å². The van der Waals surface area contributed by atoms with Crippen molar-refractivity contribution in [3.8, 4) is 11.5 Å². The fourth-order valence-corrected chi connectivity index (χ4v) is 8.81. The number of pyridine rings is 1. The quantitative estimate of drug-likeness (QED) is 0.217. The van der Waals surface area contributed by atoms with Gasteiger partial charge in [-0.25, -0.2) is 4.99 Å². The minimum atomic E-state index is -1.86. The Hall–Kier alpha value is -3.97. The second-order valence-electron chi connectivity index (χ2n) is 17.2. The highest BCUT2D eigenvalue weighted by Crippen LogP contribution is 2.40. The van der Waals surface area contributed by atoms with Gasteiger partial charge in [-0.1, -0.05) is 44.1 Å². The number of hydrogen-bond acceptors (Lipinski definition) is 16. The van der Waals surface area contributed by atoms with Crippen LogP contribution in [0.5, 0.6) is 0 Å². The van der Waals surface area contributed by atoms with Crippen molar-refractivity contribution >= 4 is 29.1 Å². The van der Waals surface area contributed by atoms with Crippen LogP contribution < -0.4 is 0 Å². The number of fused-ring (bicyclic) bond motifs is 5. The number of cyclic esters (lactones) is 1. The highest BCUT2D eigenvalue weighted by Gasteiger charge is 2.53. The van der Waals surface area contributed by atoms with E-state index in [1.165, 1.54) is 27.0 Å². The fraction of sp³-hybridized carbons (Fsp3) is 0.698. The monoisotopic (exact) mass is 841 g/mol. The predicted octanol–water partition coefficient (Wildman–Crippen LogP) is 4.17. The van der Waals surface area contributed by atoms with Gasteiger partial charge in [0.15, 0.2) is 17.8 Å². The highest BCUT2D eigenvalue weighted by molar-refractivity contribution is 6.00. The number of carbonyl (C=O) groups excluding carboxylic acids is 3. The lowest BCUT2D eigenvalue weighted by molar-refractivity contribution is -0.296. The minimum absolute atomic E-state index is 0.0274. The summed E-state index contributed by atoms with van der Waals surface area (Å²) in [5.74, 6) is -4.85. The van der Waals surface area contributed by atoms with Crippen molar-refractivity contribution in [3.63, 3.8) is 0 Å². The van der Waals surface area contributed by atoms with Crippen LogP contribution in [0.4, 0.5) is 0 Å². The Morgan fingerprint density at radius 2 is 1.80 bits per heavy atom. The van der Waals surface area contributed by atoms with Crippen LogP contribution >= 0.6 is 0 Å². The molecular formula is C43H63N5O12. The molecule has 332 valence electrons. The molecule has 2 bridgehead atoms. The molecule has 2 aromatic heterocycles. The summed E-state index contributed by atoms with van der Waals surface area (Å²) in [4.78, 5) is 57.9. The van der Waals surface area contributed by atoms with Crippen LogP contribution in [-0.2, 0) is 49.5 Å². The largest absolute Gasteiger partial charge is 0.459 e. The summed E-state index contributed by atoms with van der Waals surface area (Å²) in [5, 5.41) is 32.3. The standard InChI is InChI=1S/C43H63N5O12/c1-12-34-43(9,53)39-25(4)35(46-28(7)49)23(2)18-42(8,55-22-30(21-54-39)47-56-20-29-13-14-31(44-19-29)33-15-16-45-60-33)38(26(5)36(50)27(6)40(52)58-34)59-41-37(51)32(48(10)11)17-24(3)57-41/h13-16,19,23-27,32,34,37-39,41,51,53H,12,17-18,20-22H2,1-11H3/b46-35?,47-30+/t23-,24-,25+,26+,27-,32+,34-,37-,38-,39+,41+,42-,43-/m1/s1.